The highest BCUT2D eigenvalue weighted by Crippen LogP contribution is 2.34. The van der Waals surface area contributed by atoms with E-state index in [9.17, 15) is 22.0 Å². The summed E-state index contributed by atoms with van der Waals surface area (Å²) in [6.07, 6.45) is -11.0. The fourth-order valence-electron chi connectivity index (χ4n) is 0.0668. The van der Waals surface area contributed by atoms with Crippen molar-refractivity contribution in [2.24, 2.45) is 5.90 Å². The Morgan fingerprint density at radius 1 is 1.00 bits per heavy atom. The summed E-state index contributed by atoms with van der Waals surface area (Å²) in [6.45, 7) is 0. The first-order valence-corrected chi connectivity index (χ1v) is 1.63. The molecule has 0 amide bonds. The third-order valence-electron chi connectivity index (χ3n) is 0.478. The first kappa shape index (κ1) is 8.57. The number of rotatable bonds is 1. The van der Waals surface area contributed by atoms with E-state index in [1.165, 1.54) is 0 Å². The summed E-state index contributed by atoms with van der Waals surface area (Å²) in [5, 5.41) is 0. The number of halogens is 5. The lowest BCUT2D eigenvalue weighted by Crippen LogP contribution is -2.41. The molecule has 0 fully saturated rings. The lowest BCUT2D eigenvalue weighted by atomic mass is 10.6. The molecule has 9 heavy (non-hydrogen) atoms. The molecule has 0 radical (unpaired) electrons. The van der Waals surface area contributed by atoms with Crippen molar-refractivity contribution in [3.8, 4) is 0 Å². The fraction of sp³-hybridized carbons (Fsp3) is 1.00. The van der Waals surface area contributed by atoms with Gasteiger partial charge in [0.15, 0.2) is 0 Å². The van der Waals surface area contributed by atoms with E-state index in [1.807, 2.05) is 0 Å². The Balaban J connectivity index is 4.14. The third-order valence-corrected chi connectivity index (χ3v) is 0.478. The summed E-state index contributed by atoms with van der Waals surface area (Å²) >= 11 is 0. The van der Waals surface area contributed by atoms with Gasteiger partial charge in [0.2, 0.25) is 0 Å². The first-order chi connectivity index (χ1) is 3.81. The summed E-state index contributed by atoms with van der Waals surface area (Å²) in [6, 6.07) is 0. The van der Waals surface area contributed by atoms with Crippen molar-refractivity contribution in [3.63, 3.8) is 0 Å². The molecule has 0 atom stereocenters. The van der Waals surface area contributed by atoms with Crippen LogP contribution < -0.4 is 5.90 Å². The van der Waals surface area contributed by atoms with Gasteiger partial charge in [-0.15, -0.1) is 0 Å². The predicted octanol–water partition coefficient (Wildman–Crippen LogP) is 1.03. The highest BCUT2D eigenvalue weighted by atomic mass is 19.4. The SMILES string of the molecule is NOC(F)(F)C(F)(F)F. The minimum Gasteiger partial charge on any atom is -0.228 e. The molecule has 0 saturated heterocycles. The molecule has 0 aromatic carbocycles. The normalized spacial score (nSPS) is 14.0. The van der Waals surface area contributed by atoms with Gasteiger partial charge in [0.05, 0.1) is 0 Å². The number of hydrogen-bond donors (Lipinski definition) is 1. The topological polar surface area (TPSA) is 35.2 Å². The van der Waals surface area contributed by atoms with Crippen molar-refractivity contribution in [1.29, 1.82) is 0 Å². The van der Waals surface area contributed by atoms with Gasteiger partial charge in [-0.1, -0.05) is 0 Å². The van der Waals surface area contributed by atoms with Crippen LogP contribution in [0.4, 0.5) is 22.0 Å². The molecule has 2 N–H and O–H groups in total. The molecule has 0 aliphatic heterocycles. The second kappa shape index (κ2) is 2.07. The van der Waals surface area contributed by atoms with E-state index in [0.29, 0.717) is 0 Å². The van der Waals surface area contributed by atoms with Crippen molar-refractivity contribution in [2.75, 3.05) is 0 Å². The molecule has 0 rings (SSSR count). The molecule has 0 spiro atoms. The van der Waals surface area contributed by atoms with E-state index in [0.717, 1.165) is 0 Å². The Morgan fingerprint density at radius 3 is 1.33 bits per heavy atom. The first-order valence-electron chi connectivity index (χ1n) is 1.63. The van der Waals surface area contributed by atoms with Crippen LogP contribution in [0.1, 0.15) is 0 Å². The minimum atomic E-state index is -5.73. The smallest absolute Gasteiger partial charge is 0.228 e. The third kappa shape index (κ3) is 1.75. The van der Waals surface area contributed by atoms with Gasteiger partial charge in [0.1, 0.15) is 0 Å². The van der Waals surface area contributed by atoms with Gasteiger partial charge in [-0.2, -0.15) is 22.0 Å². The number of nitrogens with two attached hydrogens (primary N) is 1. The predicted molar refractivity (Wildman–Crippen MR) is 16.3 cm³/mol. The molecular formula is C2H2F5NO. The highest BCUT2D eigenvalue weighted by Gasteiger charge is 2.59. The summed E-state index contributed by atoms with van der Waals surface area (Å²) < 4.78 is 55.0. The second-order valence-corrected chi connectivity index (χ2v) is 1.13. The van der Waals surface area contributed by atoms with Crippen LogP contribution in [0.25, 0.3) is 0 Å². The zero-order valence-corrected chi connectivity index (χ0v) is 3.88. The van der Waals surface area contributed by atoms with E-state index in [1.54, 1.807) is 0 Å². The summed E-state index contributed by atoms with van der Waals surface area (Å²) in [5.74, 6) is 3.62. The monoisotopic (exact) mass is 151 g/mol. The molecule has 56 valence electrons. The second-order valence-electron chi connectivity index (χ2n) is 1.13. The molecule has 0 aromatic heterocycles. The van der Waals surface area contributed by atoms with Gasteiger partial charge in [-0.25, -0.2) is 10.7 Å². The van der Waals surface area contributed by atoms with Gasteiger partial charge in [-0.3, -0.25) is 0 Å². The summed E-state index contributed by atoms with van der Waals surface area (Å²) in [7, 11) is 0. The van der Waals surface area contributed by atoms with Gasteiger partial charge < -0.3 is 0 Å². The Bertz CT molecular complexity index is 97.6. The molecule has 0 aromatic rings. The van der Waals surface area contributed by atoms with Crippen molar-refractivity contribution in [3.05, 3.63) is 0 Å². The molecular weight excluding hydrogens is 149 g/mol. The fourth-order valence-corrected chi connectivity index (χ4v) is 0.0668. The average molecular weight is 151 g/mol. The zero-order valence-electron chi connectivity index (χ0n) is 3.88. The molecule has 2 nitrogen and oxygen atoms in total. The Labute approximate surface area is 46.3 Å². The van der Waals surface area contributed by atoms with Gasteiger partial charge >= 0.3 is 12.3 Å². The van der Waals surface area contributed by atoms with E-state index >= 15 is 0 Å². The minimum absolute atomic E-state index is 2.34. The van der Waals surface area contributed by atoms with Crippen molar-refractivity contribution >= 4 is 0 Å². The van der Waals surface area contributed by atoms with Crippen LogP contribution in [0.2, 0.25) is 0 Å². The maximum absolute atomic E-state index is 11.2. The number of alkyl halides is 5. The van der Waals surface area contributed by atoms with E-state index in [4.69, 9.17) is 0 Å². The van der Waals surface area contributed by atoms with Gasteiger partial charge in [0.25, 0.3) is 0 Å². The van der Waals surface area contributed by atoms with Crippen molar-refractivity contribution in [2.45, 2.75) is 12.3 Å². The number of hydrogen-bond acceptors (Lipinski definition) is 2. The maximum atomic E-state index is 11.2. The maximum Gasteiger partial charge on any atom is 0.484 e. The molecule has 0 unspecified atom stereocenters. The average Bonchev–Trinajstić information content (AvgIpc) is 1.64. The zero-order chi connectivity index (χ0) is 7.71. The molecule has 0 aliphatic carbocycles. The van der Waals surface area contributed by atoms with Crippen LogP contribution in [0.5, 0.6) is 0 Å². The molecule has 7 heteroatoms. The molecule has 0 saturated carbocycles. The standard InChI is InChI=1S/C2H2F5NO/c3-1(4,5)2(6,7)9-8/h8H2. The quantitative estimate of drug-likeness (QED) is 0.448. The van der Waals surface area contributed by atoms with Gasteiger partial charge in [0, 0.05) is 0 Å². The van der Waals surface area contributed by atoms with Crippen LogP contribution in [0.15, 0.2) is 0 Å². The Morgan fingerprint density at radius 2 is 1.33 bits per heavy atom. The summed E-state index contributed by atoms with van der Waals surface area (Å²) in [5.41, 5.74) is 0. The Hall–Kier alpha value is -0.430. The lowest BCUT2D eigenvalue weighted by Gasteiger charge is -2.15. The molecule has 0 bridgehead atoms. The Kier molecular flexibility index (Phi) is 1.97. The highest BCUT2D eigenvalue weighted by molar-refractivity contribution is 4.61. The summed E-state index contributed by atoms with van der Waals surface area (Å²) in [4.78, 5) is 2.34. The van der Waals surface area contributed by atoms with Crippen LogP contribution >= 0.6 is 0 Å². The van der Waals surface area contributed by atoms with E-state index in [2.05, 4.69) is 10.7 Å². The van der Waals surface area contributed by atoms with Crippen LogP contribution in [0.3, 0.4) is 0 Å². The molecule has 0 heterocycles. The van der Waals surface area contributed by atoms with Gasteiger partial charge in [-0.05, 0) is 0 Å². The van der Waals surface area contributed by atoms with Crippen LogP contribution in [0, 0.1) is 0 Å². The van der Waals surface area contributed by atoms with E-state index in [-0.39, 0.29) is 0 Å². The van der Waals surface area contributed by atoms with Crippen molar-refractivity contribution < 1.29 is 26.8 Å². The molecule has 0 aliphatic rings. The van der Waals surface area contributed by atoms with Crippen LogP contribution in [-0.4, -0.2) is 12.3 Å². The van der Waals surface area contributed by atoms with Crippen LogP contribution in [-0.2, 0) is 4.84 Å². The lowest BCUT2D eigenvalue weighted by molar-refractivity contribution is -0.393. The van der Waals surface area contributed by atoms with Crippen molar-refractivity contribution in [1.82, 2.24) is 0 Å². The largest absolute Gasteiger partial charge is 0.484 e. The van der Waals surface area contributed by atoms with E-state index < -0.39 is 12.3 Å².